The molecule has 0 spiro atoms. The van der Waals surface area contributed by atoms with Crippen molar-refractivity contribution in [2.45, 2.75) is 12.4 Å². The van der Waals surface area contributed by atoms with E-state index >= 15 is 0 Å². The molecule has 2 nitrogen and oxygen atoms in total. The molecule has 15 heavy (non-hydrogen) atoms. The molecule has 0 fully saturated rings. The van der Waals surface area contributed by atoms with Crippen molar-refractivity contribution in [1.29, 1.82) is 0 Å². The summed E-state index contributed by atoms with van der Waals surface area (Å²) >= 11 is 0. The third kappa shape index (κ3) is 2.51. The van der Waals surface area contributed by atoms with Crippen LogP contribution in [0.15, 0.2) is 17.3 Å². The zero-order valence-corrected chi connectivity index (χ0v) is 6.70. The average Bonchev–Trinajstić information content (AvgIpc) is 1.99. The van der Waals surface area contributed by atoms with E-state index in [4.69, 9.17) is 0 Å². The molecule has 1 heterocycles. The van der Waals surface area contributed by atoms with Crippen LogP contribution in [-0.4, -0.2) is 18.3 Å². The second-order valence-corrected chi connectivity index (χ2v) is 2.46. The molecule has 1 rings (SSSR count). The third-order valence-electron chi connectivity index (χ3n) is 1.37. The van der Waals surface area contributed by atoms with Gasteiger partial charge in [-0.2, -0.15) is 26.3 Å². The van der Waals surface area contributed by atoms with Crippen LogP contribution < -0.4 is 5.32 Å². The molecule has 0 bridgehead atoms. The molecule has 0 saturated carbocycles. The summed E-state index contributed by atoms with van der Waals surface area (Å²) in [5, 5.41) is 2.25. The van der Waals surface area contributed by atoms with Gasteiger partial charge in [0.25, 0.3) is 5.91 Å². The molecule has 2 radical (unpaired) electrons. The van der Waals surface area contributed by atoms with Crippen LogP contribution >= 0.6 is 0 Å². The first-order valence-electron chi connectivity index (χ1n) is 3.36. The summed E-state index contributed by atoms with van der Waals surface area (Å²) in [6, 6.07) is 0. The first-order chi connectivity index (χ1) is 6.62. The van der Waals surface area contributed by atoms with Gasteiger partial charge in [-0.05, 0) is 6.08 Å². The summed E-state index contributed by atoms with van der Waals surface area (Å²) in [7, 11) is 0. The highest BCUT2D eigenvalue weighted by molar-refractivity contribution is 5.96. The van der Waals surface area contributed by atoms with Crippen molar-refractivity contribution in [1.82, 2.24) is 5.32 Å². The first-order valence-corrected chi connectivity index (χ1v) is 3.36. The van der Waals surface area contributed by atoms with Gasteiger partial charge < -0.3 is 0 Å². The predicted molar refractivity (Wildman–Crippen MR) is 34.1 cm³/mol. The Labute approximate surface area is 79.2 Å². The van der Waals surface area contributed by atoms with E-state index < -0.39 is 29.5 Å². The molecule has 1 amide bonds. The van der Waals surface area contributed by atoms with Crippen molar-refractivity contribution in [3.63, 3.8) is 0 Å². The van der Waals surface area contributed by atoms with Gasteiger partial charge in [0, 0.05) is 6.08 Å². The molecule has 0 unspecified atom stereocenters. The number of hydrogen-bond donors (Lipinski definition) is 0. The Morgan fingerprint density at radius 3 is 1.93 bits per heavy atom. The van der Waals surface area contributed by atoms with Crippen molar-refractivity contribution < 1.29 is 31.1 Å². The Morgan fingerprint density at radius 1 is 1.07 bits per heavy atom. The van der Waals surface area contributed by atoms with Crippen LogP contribution in [0.5, 0.6) is 0 Å². The molecule has 0 aromatic rings. The van der Waals surface area contributed by atoms with Crippen LogP contribution in [0.4, 0.5) is 26.3 Å². The number of rotatable bonds is 0. The monoisotopic (exact) mass is 229 g/mol. The molecular weight excluding hydrogens is 228 g/mol. The maximum Gasteiger partial charge on any atom is 0.434 e. The van der Waals surface area contributed by atoms with E-state index in [9.17, 15) is 31.1 Å². The SMILES string of the molecule is O=C1[N]C(C(F)(F)F)=[C]C=C1C(F)(F)F. The second-order valence-electron chi connectivity index (χ2n) is 2.46. The maximum atomic E-state index is 11.9. The van der Waals surface area contributed by atoms with Gasteiger partial charge in [-0.15, -0.1) is 0 Å². The number of halogens is 6. The summed E-state index contributed by atoms with van der Waals surface area (Å²) in [5.41, 5.74) is -3.53. The number of carbonyl (C=O) groups excluding carboxylic acids is 1. The van der Waals surface area contributed by atoms with Crippen molar-refractivity contribution in [3.8, 4) is 0 Å². The maximum absolute atomic E-state index is 11.9. The number of nitrogens with zero attached hydrogens (tertiary/aromatic N) is 1. The van der Waals surface area contributed by atoms with E-state index in [1.54, 1.807) is 0 Å². The first kappa shape index (κ1) is 11.6. The Bertz CT molecular complexity index is 347. The fourth-order valence-electron chi connectivity index (χ4n) is 0.745. The predicted octanol–water partition coefficient (Wildman–Crippen LogP) is 1.87. The number of hydrogen-bond acceptors (Lipinski definition) is 1. The van der Waals surface area contributed by atoms with Gasteiger partial charge in [0.15, 0.2) is 5.70 Å². The minimum atomic E-state index is -5.02. The van der Waals surface area contributed by atoms with Crippen LogP contribution in [0.2, 0.25) is 0 Å². The zero-order valence-electron chi connectivity index (χ0n) is 6.70. The third-order valence-corrected chi connectivity index (χ3v) is 1.37. The van der Waals surface area contributed by atoms with E-state index in [0.717, 1.165) is 0 Å². The average molecular weight is 229 g/mol. The Kier molecular flexibility index (Phi) is 2.54. The summed E-state index contributed by atoms with van der Waals surface area (Å²) < 4.78 is 71.5. The second kappa shape index (κ2) is 3.28. The fraction of sp³-hybridized carbons (Fsp3) is 0.286. The Balaban J connectivity index is 3.05. The van der Waals surface area contributed by atoms with Crippen molar-refractivity contribution in [3.05, 3.63) is 23.4 Å². The lowest BCUT2D eigenvalue weighted by Gasteiger charge is -2.16. The van der Waals surface area contributed by atoms with E-state index in [2.05, 4.69) is 5.32 Å². The summed E-state index contributed by atoms with van der Waals surface area (Å²) in [6.45, 7) is 0. The van der Waals surface area contributed by atoms with Gasteiger partial charge in [-0.3, -0.25) is 4.79 Å². The minimum Gasteiger partial charge on any atom is -0.267 e. The molecule has 82 valence electrons. The molecule has 0 atom stereocenters. The number of allylic oxidation sites excluding steroid dienone is 3. The molecule has 1 aliphatic heterocycles. The van der Waals surface area contributed by atoms with Gasteiger partial charge in [-0.25, -0.2) is 5.32 Å². The minimum absolute atomic E-state index is 0.0574. The van der Waals surface area contributed by atoms with Crippen LogP contribution in [0.25, 0.3) is 0 Å². The highest BCUT2D eigenvalue weighted by atomic mass is 19.4. The molecular formula is C7HF6NO. The van der Waals surface area contributed by atoms with Crippen LogP contribution in [0.1, 0.15) is 0 Å². The highest BCUT2D eigenvalue weighted by Gasteiger charge is 2.45. The molecule has 0 aliphatic carbocycles. The lowest BCUT2D eigenvalue weighted by Crippen LogP contribution is -2.33. The molecule has 0 aromatic carbocycles. The Morgan fingerprint density at radius 2 is 1.60 bits per heavy atom. The number of alkyl halides is 6. The quantitative estimate of drug-likeness (QED) is 0.583. The van der Waals surface area contributed by atoms with E-state index in [0.29, 0.717) is 0 Å². The molecule has 0 saturated heterocycles. The van der Waals surface area contributed by atoms with E-state index in [1.165, 1.54) is 6.08 Å². The smallest absolute Gasteiger partial charge is 0.267 e. The van der Waals surface area contributed by atoms with Gasteiger partial charge in [-0.1, -0.05) is 0 Å². The van der Waals surface area contributed by atoms with Crippen LogP contribution in [0.3, 0.4) is 0 Å². The van der Waals surface area contributed by atoms with Gasteiger partial charge in [0.2, 0.25) is 0 Å². The van der Waals surface area contributed by atoms with Crippen molar-refractivity contribution in [2.24, 2.45) is 0 Å². The van der Waals surface area contributed by atoms with Crippen molar-refractivity contribution in [2.75, 3.05) is 0 Å². The van der Waals surface area contributed by atoms with Gasteiger partial charge in [0.05, 0.1) is 0 Å². The topological polar surface area (TPSA) is 31.2 Å². The summed E-state index contributed by atoms with van der Waals surface area (Å²) in [6.07, 6.45) is -8.80. The largest absolute Gasteiger partial charge is 0.434 e. The molecule has 1 aliphatic rings. The van der Waals surface area contributed by atoms with Gasteiger partial charge in [0.1, 0.15) is 5.57 Å². The van der Waals surface area contributed by atoms with Gasteiger partial charge >= 0.3 is 12.4 Å². The molecule has 0 aromatic heterocycles. The van der Waals surface area contributed by atoms with Crippen LogP contribution in [0, 0.1) is 6.08 Å². The zero-order chi connectivity index (χ0) is 11.9. The normalized spacial score (nSPS) is 18.1. The number of carbonyl (C=O) groups is 1. The Hall–Kier alpha value is -1.47. The summed E-state index contributed by atoms with van der Waals surface area (Å²) in [5.74, 6) is -1.96. The van der Waals surface area contributed by atoms with Crippen molar-refractivity contribution >= 4 is 5.91 Å². The van der Waals surface area contributed by atoms with Crippen LogP contribution in [-0.2, 0) is 4.79 Å². The van der Waals surface area contributed by atoms with E-state index in [1.807, 2.05) is 0 Å². The molecule has 0 N–H and O–H groups in total. The molecule has 8 heteroatoms. The highest BCUT2D eigenvalue weighted by Crippen LogP contribution is 2.31. The summed E-state index contributed by atoms with van der Waals surface area (Å²) in [4.78, 5) is 10.6. The number of amides is 1. The van der Waals surface area contributed by atoms with E-state index in [-0.39, 0.29) is 6.08 Å². The fourth-order valence-corrected chi connectivity index (χ4v) is 0.745. The lowest BCUT2D eigenvalue weighted by atomic mass is 10.1. The standard InChI is InChI=1S/C7HF6NO/c8-6(9,10)3-1-2-4(7(11,12)13)14-5(3)15/h1H. The lowest BCUT2D eigenvalue weighted by molar-refractivity contribution is -0.135.